The molecule has 6 nitrogen and oxygen atoms in total. The third-order valence-electron chi connectivity index (χ3n) is 5.04. The van der Waals surface area contributed by atoms with Crippen molar-refractivity contribution in [2.75, 3.05) is 13.1 Å². The minimum Gasteiger partial charge on any atom is -0.478 e. The van der Waals surface area contributed by atoms with Gasteiger partial charge in [-0.05, 0) is 37.3 Å². The highest BCUT2D eigenvalue weighted by Gasteiger charge is 2.31. The lowest BCUT2D eigenvalue weighted by Gasteiger charge is -2.36. The molecule has 28 heavy (non-hydrogen) atoms. The van der Waals surface area contributed by atoms with Crippen molar-refractivity contribution in [1.29, 1.82) is 0 Å². The number of hydrogen-bond donors (Lipinski definition) is 1. The summed E-state index contributed by atoms with van der Waals surface area (Å²) in [5.74, 6) is -0.408. The minimum absolute atomic E-state index is 0.197. The zero-order valence-corrected chi connectivity index (χ0v) is 16.7. The van der Waals surface area contributed by atoms with Crippen LogP contribution in [0.25, 0.3) is 11.3 Å². The maximum Gasteiger partial charge on any atom is 0.335 e. The molecule has 0 aliphatic carbocycles. The quantitative estimate of drug-likeness (QED) is 0.874. The van der Waals surface area contributed by atoms with Crippen LogP contribution in [0.2, 0.25) is 0 Å². The van der Waals surface area contributed by atoms with Crippen molar-refractivity contribution in [3.8, 4) is 11.3 Å². The summed E-state index contributed by atoms with van der Waals surface area (Å²) < 4.78 is 0. The van der Waals surface area contributed by atoms with Gasteiger partial charge in [-0.2, -0.15) is 0 Å². The van der Waals surface area contributed by atoms with Gasteiger partial charge >= 0.3 is 5.97 Å². The van der Waals surface area contributed by atoms with Crippen molar-refractivity contribution in [2.24, 2.45) is 11.3 Å². The van der Waals surface area contributed by atoms with Crippen molar-refractivity contribution in [1.82, 2.24) is 14.9 Å². The predicted molar refractivity (Wildman–Crippen MR) is 107 cm³/mol. The molecule has 1 aliphatic rings. The molecule has 2 heterocycles. The highest BCUT2D eigenvalue weighted by molar-refractivity contribution is 5.89. The van der Waals surface area contributed by atoms with Gasteiger partial charge in [0.05, 0.1) is 23.1 Å². The molecule has 1 amide bonds. The largest absolute Gasteiger partial charge is 0.478 e. The van der Waals surface area contributed by atoms with Crippen LogP contribution in [0.3, 0.4) is 0 Å². The predicted octanol–water partition coefficient (Wildman–Crippen LogP) is 3.67. The Morgan fingerprint density at radius 2 is 2.04 bits per heavy atom. The van der Waals surface area contributed by atoms with E-state index in [1.165, 1.54) is 0 Å². The molecule has 2 aromatic rings. The number of carbonyl (C=O) groups is 2. The summed E-state index contributed by atoms with van der Waals surface area (Å²) in [7, 11) is 0. The van der Waals surface area contributed by atoms with Gasteiger partial charge in [-0.1, -0.05) is 32.9 Å². The standard InChI is InChI=1S/C22H27N3O3/c1-22(2,3)21(28)25-9-5-6-15(14-25)10-18-12-23-13-19(24-18)16-7-4-8-17(11-16)20(26)27/h4,7-8,11-13,15H,5-6,9-10,14H2,1-3H3,(H,26,27)/t15-/m0/s1. The average Bonchev–Trinajstić information content (AvgIpc) is 2.67. The molecule has 1 aromatic heterocycles. The number of likely N-dealkylation sites (tertiary alicyclic amines) is 1. The second-order valence-corrected chi connectivity index (χ2v) is 8.50. The molecule has 6 heteroatoms. The van der Waals surface area contributed by atoms with Crippen LogP contribution in [0, 0.1) is 11.3 Å². The monoisotopic (exact) mass is 381 g/mol. The van der Waals surface area contributed by atoms with Gasteiger partial charge in [0.2, 0.25) is 5.91 Å². The first-order chi connectivity index (χ1) is 13.2. The van der Waals surface area contributed by atoms with Gasteiger partial charge in [-0.15, -0.1) is 0 Å². The van der Waals surface area contributed by atoms with Gasteiger partial charge in [0.25, 0.3) is 0 Å². The Labute approximate surface area is 165 Å². The topological polar surface area (TPSA) is 83.4 Å². The fraction of sp³-hybridized carbons (Fsp3) is 0.455. The number of piperidine rings is 1. The van der Waals surface area contributed by atoms with Gasteiger partial charge < -0.3 is 10.0 Å². The maximum absolute atomic E-state index is 12.6. The molecule has 1 N–H and O–H groups in total. The summed E-state index contributed by atoms with van der Waals surface area (Å²) in [6, 6.07) is 6.72. The first-order valence-corrected chi connectivity index (χ1v) is 9.68. The normalized spacial score (nSPS) is 17.4. The van der Waals surface area contributed by atoms with E-state index in [-0.39, 0.29) is 16.9 Å². The fourth-order valence-electron chi connectivity index (χ4n) is 3.64. The van der Waals surface area contributed by atoms with Gasteiger partial charge in [-0.3, -0.25) is 9.78 Å². The highest BCUT2D eigenvalue weighted by Crippen LogP contribution is 2.26. The summed E-state index contributed by atoms with van der Waals surface area (Å²) in [5, 5.41) is 9.19. The van der Waals surface area contributed by atoms with E-state index in [0.717, 1.165) is 43.6 Å². The number of benzene rings is 1. The summed E-state index contributed by atoms with van der Waals surface area (Å²) >= 11 is 0. The third kappa shape index (κ3) is 4.74. The Bertz CT molecular complexity index is 873. The van der Waals surface area contributed by atoms with E-state index in [1.807, 2.05) is 31.7 Å². The first-order valence-electron chi connectivity index (χ1n) is 9.68. The average molecular weight is 381 g/mol. The number of hydrogen-bond acceptors (Lipinski definition) is 4. The van der Waals surface area contributed by atoms with Crippen molar-refractivity contribution in [2.45, 2.75) is 40.0 Å². The van der Waals surface area contributed by atoms with Crippen molar-refractivity contribution < 1.29 is 14.7 Å². The summed E-state index contributed by atoms with van der Waals surface area (Å²) in [5.41, 5.74) is 2.14. The zero-order chi connectivity index (χ0) is 20.3. The number of aromatic nitrogens is 2. The smallest absolute Gasteiger partial charge is 0.335 e. The molecule has 0 unspecified atom stereocenters. The lowest BCUT2D eigenvalue weighted by Crippen LogP contribution is -2.45. The number of aromatic carboxylic acids is 1. The van der Waals surface area contributed by atoms with Crippen molar-refractivity contribution in [3.05, 3.63) is 47.9 Å². The van der Waals surface area contributed by atoms with Crippen LogP contribution in [0.5, 0.6) is 0 Å². The van der Waals surface area contributed by atoms with Gasteiger partial charge in [0.1, 0.15) is 0 Å². The van der Waals surface area contributed by atoms with E-state index in [2.05, 4.69) is 4.98 Å². The molecule has 1 aromatic carbocycles. The summed E-state index contributed by atoms with van der Waals surface area (Å²) in [4.78, 5) is 34.8. The molecular formula is C22H27N3O3. The summed E-state index contributed by atoms with van der Waals surface area (Å²) in [6.07, 6.45) is 6.23. The molecule has 0 saturated carbocycles. The van der Waals surface area contributed by atoms with E-state index in [9.17, 15) is 14.7 Å². The van der Waals surface area contributed by atoms with E-state index >= 15 is 0 Å². The molecule has 0 bridgehead atoms. The Hall–Kier alpha value is -2.76. The number of amides is 1. The van der Waals surface area contributed by atoms with Crippen molar-refractivity contribution >= 4 is 11.9 Å². The molecule has 0 spiro atoms. The van der Waals surface area contributed by atoms with Gasteiger partial charge in [-0.25, -0.2) is 9.78 Å². The van der Waals surface area contributed by atoms with Crippen LogP contribution in [-0.4, -0.2) is 44.9 Å². The van der Waals surface area contributed by atoms with E-state index in [4.69, 9.17) is 4.98 Å². The number of nitrogens with zero attached hydrogens (tertiary/aromatic N) is 3. The van der Waals surface area contributed by atoms with Crippen LogP contribution in [0.1, 0.15) is 49.7 Å². The Balaban J connectivity index is 1.73. The highest BCUT2D eigenvalue weighted by atomic mass is 16.4. The second-order valence-electron chi connectivity index (χ2n) is 8.50. The van der Waals surface area contributed by atoms with E-state index < -0.39 is 5.97 Å². The van der Waals surface area contributed by atoms with Crippen LogP contribution >= 0.6 is 0 Å². The Morgan fingerprint density at radius 3 is 2.75 bits per heavy atom. The molecule has 1 saturated heterocycles. The van der Waals surface area contributed by atoms with Crippen molar-refractivity contribution in [3.63, 3.8) is 0 Å². The number of rotatable bonds is 4. The van der Waals surface area contributed by atoms with Crippen LogP contribution in [0.4, 0.5) is 0 Å². The lowest BCUT2D eigenvalue weighted by molar-refractivity contribution is -0.141. The Morgan fingerprint density at radius 1 is 1.25 bits per heavy atom. The molecule has 1 aliphatic heterocycles. The van der Waals surface area contributed by atoms with Crippen LogP contribution in [-0.2, 0) is 11.2 Å². The molecule has 3 rings (SSSR count). The van der Waals surface area contributed by atoms with Gasteiger partial charge in [0.15, 0.2) is 0 Å². The molecule has 0 radical (unpaired) electrons. The van der Waals surface area contributed by atoms with E-state index in [0.29, 0.717) is 11.6 Å². The number of carbonyl (C=O) groups excluding carboxylic acids is 1. The third-order valence-corrected chi connectivity index (χ3v) is 5.04. The summed E-state index contributed by atoms with van der Waals surface area (Å²) in [6.45, 7) is 7.44. The lowest BCUT2D eigenvalue weighted by atomic mass is 9.89. The maximum atomic E-state index is 12.6. The zero-order valence-electron chi connectivity index (χ0n) is 16.7. The second kappa shape index (κ2) is 8.09. The SMILES string of the molecule is CC(C)(C)C(=O)N1CCC[C@@H](Cc2cncc(-c3cccc(C(=O)O)c3)n2)C1. The number of carboxylic acids is 1. The molecule has 148 valence electrons. The first kappa shape index (κ1) is 20.0. The van der Waals surface area contributed by atoms with E-state index in [1.54, 1.807) is 30.6 Å². The Kier molecular flexibility index (Phi) is 5.77. The van der Waals surface area contributed by atoms with Crippen LogP contribution in [0.15, 0.2) is 36.7 Å². The minimum atomic E-state index is -0.961. The van der Waals surface area contributed by atoms with Gasteiger partial charge in [0, 0.05) is 30.3 Å². The molecular weight excluding hydrogens is 354 g/mol. The van der Waals surface area contributed by atoms with Crippen LogP contribution < -0.4 is 0 Å². The fourth-order valence-corrected chi connectivity index (χ4v) is 3.64. The molecule has 1 atom stereocenters. The molecule has 1 fully saturated rings. The number of carboxylic acid groups (broad SMARTS) is 1.